The van der Waals surface area contributed by atoms with Gasteiger partial charge in [-0.05, 0) is 77.6 Å². The molecule has 0 radical (unpaired) electrons. The molecule has 3 aromatic carbocycles. The summed E-state index contributed by atoms with van der Waals surface area (Å²) in [7, 11) is 0. The topological polar surface area (TPSA) is 50.4 Å². The predicted molar refractivity (Wildman–Crippen MR) is 138 cm³/mol. The van der Waals surface area contributed by atoms with Crippen molar-refractivity contribution < 1.29 is 13.9 Å². The molecule has 1 fully saturated rings. The summed E-state index contributed by atoms with van der Waals surface area (Å²) in [5.41, 5.74) is 4.62. The number of carbonyl (C=O) groups excluding carboxylic acids is 1. The highest BCUT2D eigenvalue weighted by Gasteiger charge is 2.27. The van der Waals surface area contributed by atoms with Crippen molar-refractivity contribution in [1.29, 1.82) is 0 Å². The second-order valence-corrected chi connectivity index (χ2v) is 9.10. The van der Waals surface area contributed by atoms with Crippen molar-refractivity contribution >= 4 is 29.4 Å². The van der Waals surface area contributed by atoms with Crippen LogP contribution < -0.4 is 15.4 Å². The van der Waals surface area contributed by atoms with Crippen LogP contribution >= 0.6 is 11.8 Å². The molecule has 1 atom stereocenters. The van der Waals surface area contributed by atoms with Crippen LogP contribution in [0.2, 0.25) is 0 Å². The summed E-state index contributed by atoms with van der Waals surface area (Å²) >= 11 is 1.45. The first-order valence-electron chi connectivity index (χ1n) is 11.2. The van der Waals surface area contributed by atoms with Crippen molar-refractivity contribution in [1.82, 2.24) is 5.32 Å². The van der Waals surface area contributed by atoms with Gasteiger partial charge >= 0.3 is 0 Å². The molecule has 0 unspecified atom stereocenters. The van der Waals surface area contributed by atoms with Crippen LogP contribution in [0.4, 0.5) is 10.1 Å². The van der Waals surface area contributed by atoms with E-state index in [4.69, 9.17) is 4.74 Å². The van der Waals surface area contributed by atoms with E-state index >= 15 is 0 Å². The van der Waals surface area contributed by atoms with Crippen LogP contribution in [0.1, 0.15) is 29.2 Å². The van der Waals surface area contributed by atoms with Gasteiger partial charge in [0, 0.05) is 5.69 Å². The molecule has 4 nitrogen and oxygen atoms in total. The first-order valence-corrected chi connectivity index (χ1v) is 12.1. The first-order chi connectivity index (χ1) is 16.5. The van der Waals surface area contributed by atoms with Gasteiger partial charge in [-0.1, -0.05) is 55.1 Å². The summed E-state index contributed by atoms with van der Waals surface area (Å²) in [5, 5.41) is 6.31. The maximum Gasteiger partial charge on any atom is 0.260 e. The normalized spacial score (nSPS) is 16.4. The molecule has 1 aliphatic heterocycles. The number of ether oxygens (including phenoxy) is 1. The van der Waals surface area contributed by atoms with Crippen LogP contribution in [-0.2, 0) is 24.2 Å². The third kappa shape index (κ3) is 6.08. The number of allylic oxidation sites excluding steroid dienone is 1. The number of rotatable bonds is 9. The number of thioether (sulfide) groups is 1. The second kappa shape index (κ2) is 11.1. The van der Waals surface area contributed by atoms with Crippen molar-refractivity contribution in [3.63, 3.8) is 0 Å². The average molecular weight is 475 g/mol. The number of nitrogens with one attached hydrogen (secondary N) is 2. The largest absolute Gasteiger partial charge is 0.489 e. The molecule has 1 saturated heterocycles. The van der Waals surface area contributed by atoms with Gasteiger partial charge in [0.05, 0.1) is 4.91 Å². The lowest BCUT2D eigenvalue weighted by Crippen LogP contribution is -2.30. The lowest BCUT2D eigenvalue weighted by atomic mass is 10.1. The standard InChI is InChI=1S/C28H27FN2O2S/c1-3-6-22-15-20(11-14-25(22)33-18-21-7-5-8-23(29)16-21)17-26-27(32)31-28(34-26)30-24-12-9-19(4-2)10-13-24/h3,5,7-17,28,30H,1,4,6,18H2,2H3,(H,31,32)/b26-17-/t28-/m1/s1. The number of anilines is 1. The van der Waals surface area contributed by atoms with Crippen LogP contribution in [-0.4, -0.2) is 11.4 Å². The van der Waals surface area contributed by atoms with Crippen molar-refractivity contribution in [2.24, 2.45) is 0 Å². The molecule has 4 rings (SSSR count). The second-order valence-electron chi connectivity index (χ2n) is 7.95. The number of halogens is 1. The Morgan fingerprint density at radius 3 is 2.68 bits per heavy atom. The molecule has 0 aromatic heterocycles. The molecule has 1 aliphatic rings. The minimum atomic E-state index is -0.285. The maximum absolute atomic E-state index is 13.4. The minimum Gasteiger partial charge on any atom is -0.489 e. The summed E-state index contributed by atoms with van der Waals surface area (Å²) in [6.07, 6.45) is 5.30. The highest BCUT2D eigenvalue weighted by atomic mass is 32.2. The van der Waals surface area contributed by atoms with Crippen molar-refractivity contribution in [2.45, 2.75) is 31.9 Å². The fourth-order valence-corrected chi connectivity index (χ4v) is 4.62. The zero-order valence-electron chi connectivity index (χ0n) is 19.0. The van der Waals surface area contributed by atoms with E-state index < -0.39 is 0 Å². The molecule has 1 amide bonds. The van der Waals surface area contributed by atoms with E-state index in [0.717, 1.165) is 28.8 Å². The number of carbonyl (C=O) groups is 1. The van der Waals surface area contributed by atoms with Gasteiger partial charge in [0.2, 0.25) is 0 Å². The lowest BCUT2D eigenvalue weighted by Gasteiger charge is -2.13. The molecule has 0 bridgehead atoms. The molecule has 0 spiro atoms. The first kappa shape index (κ1) is 23.6. The van der Waals surface area contributed by atoms with Crippen LogP contribution in [0.5, 0.6) is 5.75 Å². The zero-order valence-corrected chi connectivity index (χ0v) is 19.8. The van der Waals surface area contributed by atoms with E-state index in [9.17, 15) is 9.18 Å². The summed E-state index contributed by atoms with van der Waals surface area (Å²) in [5.74, 6) is 0.321. The quantitative estimate of drug-likeness (QED) is 0.282. The molecular formula is C28H27FN2O2S. The molecular weight excluding hydrogens is 447 g/mol. The number of benzene rings is 3. The van der Waals surface area contributed by atoms with Crippen molar-refractivity contribution in [2.75, 3.05) is 5.32 Å². The lowest BCUT2D eigenvalue weighted by molar-refractivity contribution is -0.116. The Hall–Kier alpha value is -3.51. The SMILES string of the molecule is C=CCc1cc(/C=C2\S[C@H](Nc3ccc(CC)cc3)NC2=O)ccc1OCc1cccc(F)c1. The highest BCUT2D eigenvalue weighted by molar-refractivity contribution is 8.05. The Balaban J connectivity index is 1.45. The van der Waals surface area contributed by atoms with Gasteiger partial charge in [0.15, 0.2) is 5.50 Å². The Bertz CT molecular complexity index is 1210. The van der Waals surface area contributed by atoms with Gasteiger partial charge < -0.3 is 15.4 Å². The Morgan fingerprint density at radius 1 is 1.12 bits per heavy atom. The van der Waals surface area contributed by atoms with E-state index in [2.05, 4.69) is 36.3 Å². The predicted octanol–water partition coefficient (Wildman–Crippen LogP) is 6.30. The molecule has 6 heteroatoms. The molecule has 3 aromatic rings. The Morgan fingerprint density at radius 2 is 1.94 bits per heavy atom. The maximum atomic E-state index is 13.4. The third-order valence-electron chi connectivity index (χ3n) is 5.42. The average Bonchev–Trinajstić information content (AvgIpc) is 3.17. The van der Waals surface area contributed by atoms with Crippen molar-refractivity contribution in [3.8, 4) is 5.75 Å². The summed E-state index contributed by atoms with van der Waals surface area (Å²) < 4.78 is 19.4. The van der Waals surface area contributed by atoms with E-state index in [1.165, 1.54) is 29.5 Å². The molecule has 1 heterocycles. The van der Waals surface area contributed by atoms with Gasteiger partial charge in [0.25, 0.3) is 5.91 Å². The van der Waals surface area contributed by atoms with Crippen molar-refractivity contribution in [3.05, 3.63) is 112 Å². The van der Waals surface area contributed by atoms with Gasteiger partial charge in [-0.2, -0.15) is 0 Å². The van der Waals surface area contributed by atoms with E-state index in [-0.39, 0.29) is 23.8 Å². The molecule has 0 saturated carbocycles. The van der Waals surface area contributed by atoms with E-state index in [1.54, 1.807) is 6.07 Å². The number of hydrogen-bond acceptors (Lipinski definition) is 4. The Labute approximate surface area is 203 Å². The van der Waals surface area contributed by atoms with Crippen LogP contribution in [0, 0.1) is 5.82 Å². The summed E-state index contributed by atoms with van der Waals surface area (Å²) in [4.78, 5) is 13.2. The molecule has 174 valence electrons. The fraction of sp³-hybridized carbons (Fsp3) is 0.179. The number of hydrogen-bond donors (Lipinski definition) is 2. The number of aryl methyl sites for hydroxylation is 1. The molecule has 34 heavy (non-hydrogen) atoms. The van der Waals surface area contributed by atoms with Crippen LogP contribution in [0.3, 0.4) is 0 Å². The summed E-state index contributed by atoms with van der Waals surface area (Å²) in [6.45, 7) is 6.23. The number of amides is 1. The summed E-state index contributed by atoms with van der Waals surface area (Å²) in [6, 6.07) is 20.4. The van der Waals surface area contributed by atoms with Gasteiger partial charge in [-0.15, -0.1) is 6.58 Å². The monoisotopic (exact) mass is 474 g/mol. The van der Waals surface area contributed by atoms with Crippen LogP contribution in [0.25, 0.3) is 6.08 Å². The smallest absolute Gasteiger partial charge is 0.260 e. The zero-order chi connectivity index (χ0) is 23.9. The van der Waals surface area contributed by atoms with E-state index in [1.807, 2.05) is 48.6 Å². The van der Waals surface area contributed by atoms with Gasteiger partial charge in [-0.25, -0.2) is 4.39 Å². The molecule has 0 aliphatic carbocycles. The fourth-order valence-electron chi connectivity index (χ4n) is 3.64. The van der Waals surface area contributed by atoms with Crippen LogP contribution in [0.15, 0.2) is 84.3 Å². The molecule has 2 N–H and O–H groups in total. The minimum absolute atomic E-state index is 0.107. The van der Waals surface area contributed by atoms with Gasteiger partial charge in [0.1, 0.15) is 18.2 Å². The third-order valence-corrected chi connectivity index (χ3v) is 6.45. The Kier molecular flexibility index (Phi) is 7.70. The highest BCUT2D eigenvalue weighted by Crippen LogP contribution is 2.31. The van der Waals surface area contributed by atoms with Gasteiger partial charge in [-0.3, -0.25) is 4.79 Å². The van der Waals surface area contributed by atoms with E-state index in [0.29, 0.717) is 17.1 Å².